The van der Waals surface area contributed by atoms with Crippen molar-refractivity contribution in [3.05, 3.63) is 18.2 Å². The van der Waals surface area contributed by atoms with Crippen molar-refractivity contribution in [2.45, 2.75) is 12.8 Å². The lowest BCUT2D eigenvalue weighted by Crippen LogP contribution is -2.25. The van der Waals surface area contributed by atoms with Crippen molar-refractivity contribution in [1.29, 1.82) is 5.26 Å². The first kappa shape index (κ1) is 13.2. The van der Waals surface area contributed by atoms with Crippen LogP contribution in [-0.2, 0) is 4.79 Å². The van der Waals surface area contributed by atoms with Gasteiger partial charge in [-0.3, -0.25) is 4.79 Å². The van der Waals surface area contributed by atoms with Gasteiger partial charge in [0, 0.05) is 25.2 Å². The lowest BCUT2D eigenvalue weighted by Gasteiger charge is -2.19. The summed E-state index contributed by atoms with van der Waals surface area (Å²) >= 11 is 0. The Hall–Kier alpha value is -2.22. The van der Waals surface area contributed by atoms with Crippen LogP contribution in [0.4, 0.5) is 5.69 Å². The number of likely N-dealkylation sites (N-methyl/N-ethyl adjacent to an activating group) is 1. The maximum absolute atomic E-state index is 11.5. The van der Waals surface area contributed by atoms with E-state index in [0.717, 1.165) is 17.9 Å². The number of benzene rings is 1. The predicted octanol–water partition coefficient (Wildman–Crippen LogP) is 1.77. The molecule has 1 aliphatic rings. The number of fused-ring (bicyclic) bond motifs is 1. The Labute approximate surface area is 112 Å². The number of nitrogens with zero attached hydrogens (tertiary/aromatic N) is 2. The Balaban J connectivity index is 2.10. The van der Waals surface area contributed by atoms with Crippen LogP contribution in [0.25, 0.3) is 0 Å². The Morgan fingerprint density at radius 2 is 2.11 bits per heavy atom. The second kappa shape index (κ2) is 6.10. The molecule has 2 rings (SSSR count). The average molecular weight is 260 g/mol. The number of hydrogen-bond acceptors (Lipinski definition) is 5. The van der Waals surface area contributed by atoms with Gasteiger partial charge in [0.15, 0.2) is 17.3 Å². The lowest BCUT2D eigenvalue weighted by atomic mass is 10.2. The third kappa shape index (κ3) is 3.38. The van der Waals surface area contributed by atoms with Gasteiger partial charge >= 0.3 is 0 Å². The number of nitriles is 1. The number of carbonyl (C=O) groups is 1. The van der Waals surface area contributed by atoms with Crippen molar-refractivity contribution in [3.63, 3.8) is 0 Å². The number of hydrogen-bond donors (Lipinski definition) is 0. The molecule has 5 nitrogen and oxygen atoms in total. The first-order valence-corrected chi connectivity index (χ1v) is 6.20. The van der Waals surface area contributed by atoms with Gasteiger partial charge in [0.05, 0.1) is 32.2 Å². The quantitative estimate of drug-likeness (QED) is 0.825. The highest BCUT2D eigenvalue weighted by atomic mass is 16.5. The SMILES string of the molecule is CN(CC(=O)CC#N)c1ccc2c(c1)OCCCO2. The molecule has 0 radical (unpaired) electrons. The molecule has 0 N–H and O–H groups in total. The average Bonchev–Trinajstić information content (AvgIpc) is 2.63. The van der Waals surface area contributed by atoms with E-state index < -0.39 is 0 Å². The van der Waals surface area contributed by atoms with Crippen molar-refractivity contribution >= 4 is 11.5 Å². The Morgan fingerprint density at radius 3 is 2.84 bits per heavy atom. The largest absolute Gasteiger partial charge is 0.490 e. The molecule has 5 heteroatoms. The molecule has 1 aromatic carbocycles. The molecule has 0 fully saturated rings. The summed E-state index contributed by atoms with van der Waals surface area (Å²) in [6.07, 6.45) is 0.801. The number of anilines is 1. The molecule has 0 amide bonds. The van der Waals surface area contributed by atoms with Crippen LogP contribution in [0.5, 0.6) is 11.5 Å². The third-order valence-corrected chi connectivity index (χ3v) is 2.86. The van der Waals surface area contributed by atoms with Gasteiger partial charge in [-0.1, -0.05) is 0 Å². The molecule has 0 spiro atoms. The molecule has 0 aromatic heterocycles. The topological polar surface area (TPSA) is 62.6 Å². The van der Waals surface area contributed by atoms with Gasteiger partial charge in [-0.05, 0) is 12.1 Å². The van der Waals surface area contributed by atoms with Crippen LogP contribution in [0.15, 0.2) is 18.2 Å². The summed E-state index contributed by atoms with van der Waals surface area (Å²) < 4.78 is 11.2. The molecule has 0 aliphatic carbocycles. The number of Topliss-reactive ketones (excluding diaryl/α,β-unsaturated/α-hetero) is 1. The summed E-state index contributed by atoms with van der Waals surface area (Å²) in [5, 5.41) is 8.48. The van der Waals surface area contributed by atoms with Gasteiger partial charge < -0.3 is 14.4 Å². The summed E-state index contributed by atoms with van der Waals surface area (Å²) in [6, 6.07) is 7.45. The number of ether oxygens (including phenoxy) is 2. The highest BCUT2D eigenvalue weighted by molar-refractivity contribution is 5.85. The maximum Gasteiger partial charge on any atom is 0.166 e. The molecule has 1 heterocycles. The van der Waals surface area contributed by atoms with Gasteiger partial charge in [-0.2, -0.15) is 5.26 Å². The van der Waals surface area contributed by atoms with Gasteiger partial charge in [0.25, 0.3) is 0 Å². The molecule has 19 heavy (non-hydrogen) atoms. The third-order valence-electron chi connectivity index (χ3n) is 2.86. The molecular formula is C14H16N2O3. The molecule has 1 aliphatic heterocycles. The highest BCUT2D eigenvalue weighted by Crippen LogP contribution is 2.33. The van der Waals surface area contributed by atoms with E-state index >= 15 is 0 Å². The van der Waals surface area contributed by atoms with Crippen LogP contribution in [0.3, 0.4) is 0 Å². The van der Waals surface area contributed by atoms with E-state index in [9.17, 15) is 4.79 Å². The standard InChI is InChI=1S/C14H16N2O3/c1-16(10-12(17)5-6-15)11-3-4-13-14(9-11)19-8-2-7-18-13/h3-4,9H,2,5,7-8,10H2,1H3. The van der Waals surface area contributed by atoms with Crippen molar-refractivity contribution in [2.24, 2.45) is 0 Å². The second-order valence-corrected chi connectivity index (χ2v) is 4.41. The Kier molecular flexibility index (Phi) is 4.24. The zero-order chi connectivity index (χ0) is 13.7. The molecular weight excluding hydrogens is 244 g/mol. The Morgan fingerprint density at radius 1 is 1.37 bits per heavy atom. The van der Waals surface area contributed by atoms with E-state index in [2.05, 4.69) is 0 Å². The van der Waals surface area contributed by atoms with E-state index in [4.69, 9.17) is 14.7 Å². The highest BCUT2D eigenvalue weighted by Gasteiger charge is 2.13. The molecule has 0 unspecified atom stereocenters. The number of carbonyl (C=O) groups excluding carboxylic acids is 1. The van der Waals surface area contributed by atoms with Crippen molar-refractivity contribution in [1.82, 2.24) is 0 Å². The maximum atomic E-state index is 11.5. The van der Waals surface area contributed by atoms with E-state index in [1.54, 1.807) is 4.90 Å². The zero-order valence-corrected chi connectivity index (χ0v) is 10.9. The summed E-state index contributed by atoms with van der Waals surface area (Å²) in [5.41, 5.74) is 0.871. The normalized spacial score (nSPS) is 13.3. The minimum absolute atomic E-state index is 0.0606. The molecule has 0 saturated carbocycles. The van der Waals surface area contributed by atoms with Crippen molar-refractivity contribution < 1.29 is 14.3 Å². The molecule has 1 aromatic rings. The summed E-state index contributed by atoms with van der Waals surface area (Å²) in [5.74, 6) is 1.34. The predicted molar refractivity (Wildman–Crippen MR) is 70.6 cm³/mol. The van der Waals surface area contributed by atoms with Crippen molar-refractivity contribution in [2.75, 3.05) is 31.7 Å². The van der Waals surface area contributed by atoms with E-state index in [1.165, 1.54) is 0 Å². The molecule has 100 valence electrons. The van der Waals surface area contributed by atoms with E-state index in [1.807, 2.05) is 31.3 Å². The van der Waals surface area contributed by atoms with Gasteiger partial charge in [-0.25, -0.2) is 0 Å². The van der Waals surface area contributed by atoms with Gasteiger partial charge in [-0.15, -0.1) is 0 Å². The fraction of sp³-hybridized carbons (Fsp3) is 0.429. The lowest BCUT2D eigenvalue weighted by molar-refractivity contribution is -0.116. The van der Waals surface area contributed by atoms with Crippen LogP contribution in [0.2, 0.25) is 0 Å². The summed E-state index contributed by atoms with van der Waals surface area (Å²) in [7, 11) is 1.81. The minimum Gasteiger partial charge on any atom is -0.490 e. The summed E-state index contributed by atoms with van der Waals surface area (Å²) in [4.78, 5) is 13.3. The van der Waals surface area contributed by atoms with Gasteiger partial charge in [0.2, 0.25) is 0 Å². The minimum atomic E-state index is -0.0999. The molecule has 0 bridgehead atoms. The fourth-order valence-corrected chi connectivity index (χ4v) is 1.89. The number of ketones is 1. The van der Waals surface area contributed by atoms with Crippen LogP contribution < -0.4 is 14.4 Å². The van der Waals surface area contributed by atoms with Crippen molar-refractivity contribution in [3.8, 4) is 17.6 Å². The van der Waals surface area contributed by atoms with Crippen LogP contribution in [0.1, 0.15) is 12.8 Å². The molecule has 0 atom stereocenters. The van der Waals surface area contributed by atoms with E-state index in [0.29, 0.717) is 19.0 Å². The van der Waals surface area contributed by atoms with Crippen LogP contribution in [0, 0.1) is 11.3 Å². The smallest absolute Gasteiger partial charge is 0.166 e. The monoisotopic (exact) mass is 260 g/mol. The second-order valence-electron chi connectivity index (χ2n) is 4.41. The first-order chi connectivity index (χ1) is 9.20. The first-order valence-electron chi connectivity index (χ1n) is 6.20. The fourth-order valence-electron chi connectivity index (χ4n) is 1.89. The van der Waals surface area contributed by atoms with E-state index in [-0.39, 0.29) is 18.7 Å². The van der Waals surface area contributed by atoms with Gasteiger partial charge in [0.1, 0.15) is 0 Å². The zero-order valence-electron chi connectivity index (χ0n) is 10.9. The molecule has 0 saturated heterocycles. The van der Waals surface area contributed by atoms with Crippen LogP contribution in [-0.4, -0.2) is 32.6 Å². The number of rotatable bonds is 4. The van der Waals surface area contributed by atoms with Crippen LogP contribution >= 0.6 is 0 Å². The Bertz CT molecular complexity index is 508. The summed E-state index contributed by atoms with van der Waals surface area (Å²) in [6.45, 7) is 1.50.